The van der Waals surface area contributed by atoms with Gasteiger partial charge in [-0.1, -0.05) is 18.9 Å². The van der Waals surface area contributed by atoms with Gasteiger partial charge >= 0.3 is 0 Å². The van der Waals surface area contributed by atoms with E-state index in [1.54, 1.807) is 0 Å². The summed E-state index contributed by atoms with van der Waals surface area (Å²) in [5.74, 6) is 0. The molecule has 1 N–H and O–H groups in total. The molecule has 1 aliphatic rings. The monoisotopic (exact) mass is 289 g/mol. The summed E-state index contributed by atoms with van der Waals surface area (Å²) in [7, 11) is 2.25. The van der Waals surface area contributed by atoms with Crippen LogP contribution >= 0.6 is 12.2 Å². The summed E-state index contributed by atoms with van der Waals surface area (Å²) in [5.41, 5.74) is 3.64. The predicted octanol–water partition coefficient (Wildman–Crippen LogP) is 3.88. The van der Waals surface area contributed by atoms with E-state index in [9.17, 15) is 0 Å². The van der Waals surface area contributed by atoms with Crippen molar-refractivity contribution in [2.75, 3.05) is 13.6 Å². The molecule has 0 radical (unpaired) electrons. The van der Waals surface area contributed by atoms with Crippen LogP contribution in [0.3, 0.4) is 0 Å². The standard InChI is InChI=1S/C16H23N3S/c1-12-7-8-15-14(11-12)17-16(20)19(15)10-9-18(2)13-5-3-4-6-13/h7-8,11,13H,3-6,9-10H2,1-2H3,(H,17,20). The first-order valence-corrected chi connectivity index (χ1v) is 7.95. The van der Waals surface area contributed by atoms with Crippen molar-refractivity contribution in [1.82, 2.24) is 14.5 Å². The number of aryl methyl sites for hydroxylation is 1. The normalized spacial score (nSPS) is 16.6. The van der Waals surface area contributed by atoms with Crippen LogP contribution in [0.15, 0.2) is 18.2 Å². The summed E-state index contributed by atoms with van der Waals surface area (Å²) in [4.78, 5) is 5.82. The van der Waals surface area contributed by atoms with Gasteiger partial charge in [0.15, 0.2) is 4.77 Å². The molecule has 0 bridgehead atoms. The summed E-state index contributed by atoms with van der Waals surface area (Å²) >= 11 is 5.47. The summed E-state index contributed by atoms with van der Waals surface area (Å²) in [5, 5.41) is 0. The number of fused-ring (bicyclic) bond motifs is 1. The Morgan fingerprint density at radius 1 is 1.35 bits per heavy atom. The summed E-state index contributed by atoms with van der Waals surface area (Å²) in [6.45, 7) is 4.15. The first-order chi connectivity index (χ1) is 9.65. The minimum Gasteiger partial charge on any atom is -0.331 e. The van der Waals surface area contributed by atoms with E-state index in [4.69, 9.17) is 12.2 Å². The van der Waals surface area contributed by atoms with Gasteiger partial charge in [0, 0.05) is 19.1 Å². The zero-order chi connectivity index (χ0) is 14.1. The van der Waals surface area contributed by atoms with Crippen LogP contribution in [0.5, 0.6) is 0 Å². The van der Waals surface area contributed by atoms with Gasteiger partial charge in [-0.3, -0.25) is 0 Å². The number of likely N-dealkylation sites (N-methyl/N-ethyl adjacent to an activating group) is 1. The molecule has 1 heterocycles. The van der Waals surface area contributed by atoms with Crippen molar-refractivity contribution in [1.29, 1.82) is 0 Å². The Morgan fingerprint density at radius 2 is 2.10 bits per heavy atom. The van der Waals surface area contributed by atoms with E-state index in [0.29, 0.717) is 0 Å². The number of aromatic nitrogens is 2. The molecule has 108 valence electrons. The molecular formula is C16H23N3S. The Balaban J connectivity index is 1.77. The number of rotatable bonds is 4. The maximum atomic E-state index is 5.47. The third kappa shape index (κ3) is 2.67. The predicted molar refractivity (Wildman–Crippen MR) is 86.7 cm³/mol. The van der Waals surface area contributed by atoms with E-state index in [0.717, 1.165) is 29.4 Å². The topological polar surface area (TPSA) is 24.0 Å². The second-order valence-electron chi connectivity index (χ2n) is 6.02. The second-order valence-corrected chi connectivity index (χ2v) is 6.41. The molecule has 0 aliphatic heterocycles. The Kier molecular flexibility index (Phi) is 3.94. The lowest BCUT2D eigenvalue weighted by atomic mass is 10.2. The van der Waals surface area contributed by atoms with Crippen LogP contribution in [0.2, 0.25) is 0 Å². The summed E-state index contributed by atoms with van der Waals surface area (Å²) < 4.78 is 3.07. The van der Waals surface area contributed by atoms with Crippen molar-refractivity contribution >= 4 is 23.3 Å². The van der Waals surface area contributed by atoms with Gasteiger partial charge in [-0.05, 0) is 56.7 Å². The number of hydrogen-bond donors (Lipinski definition) is 1. The molecule has 3 rings (SSSR count). The zero-order valence-corrected chi connectivity index (χ0v) is 13.2. The minimum atomic E-state index is 0.775. The highest BCUT2D eigenvalue weighted by molar-refractivity contribution is 7.71. The van der Waals surface area contributed by atoms with E-state index in [1.165, 1.54) is 36.8 Å². The average molecular weight is 289 g/mol. The number of nitrogens with one attached hydrogen (secondary N) is 1. The SMILES string of the molecule is Cc1ccc2c(c1)[nH]c(=S)n2CCN(C)C1CCCC1. The van der Waals surface area contributed by atoms with Crippen molar-refractivity contribution in [3.63, 3.8) is 0 Å². The highest BCUT2D eigenvalue weighted by Crippen LogP contribution is 2.22. The molecule has 1 aromatic carbocycles. The van der Waals surface area contributed by atoms with Crippen LogP contribution in [0, 0.1) is 11.7 Å². The number of benzene rings is 1. The Morgan fingerprint density at radius 3 is 2.85 bits per heavy atom. The maximum Gasteiger partial charge on any atom is 0.178 e. The first kappa shape index (κ1) is 13.8. The fourth-order valence-corrected chi connectivity index (χ4v) is 3.58. The highest BCUT2D eigenvalue weighted by atomic mass is 32.1. The lowest BCUT2D eigenvalue weighted by Crippen LogP contribution is -2.32. The summed E-state index contributed by atoms with van der Waals surface area (Å²) in [6, 6.07) is 7.27. The molecule has 1 fully saturated rings. The number of hydrogen-bond acceptors (Lipinski definition) is 2. The smallest absolute Gasteiger partial charge is 0.178 e. The van der Waals surface area contributed by atoms with E-state index in [2.05, 4.69) is 46.6 Å². The molecule has 3 nitrogen and oxygen atoms in total. The van der Waals surface area contributed by atoms with Crippen molar-refractivity contribution in [2.24, 2.45) is 0 Å². The first-order valence-electron chi connectivity index (χ1n) is 7.54. The van der Waals surface area contributed by atoms with E-state index in [1.807, 2.05) is 0 Å². The molecule has 4 heteroatoms. The number of nitrogens with zero attached hydrogens (tertiary/aromatic N) is 2. The largest absolute Gasteiger partial charge is 0.331 e. The molecule has 20 heavy (non-hydrogen) atoms. The van der Waals surface area contributed by atoms with Gasteiger partial charge < -0.3 is 14.5 Å². The van der Waals surface area contributed by atoms with Gasteiger partial charge in [-0.15, -0.1) is 0 Å². The number of imidazole rings is 1. The van der Waals surface area contributed by atoms with Crippen LogP contribution in [0.4, 0.5) is 0 Å². The van der Waals surface area contributed by atoms with Crippen molar-refractivity contribution < 1.29 is 0 Å². The molecular weight excluding hydrogens is 266 g/mol. The van der Waals surface area contributed by atoms with Crippen molar-refractivity contribution in [3.05, 3.63) is 28.5 Å². The van der Waals surface area contributed by atoms with E-state index >= 15 is 0 Å². The van der Waals surface area contributed by atoms with Gasteiger partial charge in [0.2, 0.25) is 0 Å². The fraction of sp³-hybridized carbons (Fsp3) is 0.562. The molecule has 1 aliphatic carbocycles. The Hall–Kier alpha value is -1.13. The zero-order valence-electron chi connectivity index (χ0n) is 12.4. The maximum absolute atomic E-state index is 5.47. The quantitative estimate of drug-likeness (QED) is 0.864. The van der Waals surface area contributed by atoms with Crippen LogP contribution < -0.4 is 0 Å². The third-order valence-electron chi connectivity index (χ3n) is 4.55. The minimum absolute atomic E-state index is 0.775. The van der Waals surface area contributed by atoms with Crippen molar-refractivity contribution in [3.8, 4) is 0 Å². The molecule has 0 amide bonds. The second kappa shape index (κ2) is 5.70. The number of aromatic amines is 1. The van der Waals surface area contributed by atoms with Gasteiger partial charge in [0.1, 0.15) is 0 Å². The van der Waals surface area contributed by atoms with Crippen LogP contribution in [-0.2, 0) is 6.54 Å². The van der Waals surface area contributed by atoms with E-state index in [-0.39, 0.29) is 0 Å². The summed E-state index contributed by atoms with van der Waals surface area (Å²) in [6.07, 6.45) is 5.49. The van der Waals surface area contributed by atoms with Gasteiger partial charge in [0.25, 0.3) is 0 Å². The van der Waals surface area contributed by atoms with Crippen LogP contribution in [-0.4, -0.2) is 34.1 Å². The molecule has 0 spiro atoms. The van der Waals surface area contributed by atoms with E-state index < -0.39 is 0 Å². The number of H-pyrrole nitrogens is 1. The lowest BCUT2D eigenvalue weighted by molar-refractivity contribution is 0.237. The average Bonchev–Trinajstić information content (AvgIpc) is 3.03. The van der Waals surface area contributed by atoms with Crippen molar-refractivity contribution in [2.45, 2.75) is 45.2 Å². The van der Waals surface area contributed by atoms with Gasteiger partial charge in [-0.2, -0.15) is 0 Å². The van der Waals surface area contributed by atoms with Gasteiger partial charge in [0.05, 0.1) is 11.0 Å². The molecule has 0 unspecified atom stereocenters. The Labute approximate surface area is 125 Å². The van der Waals surface area contributed by atoms with Crippen LogP contribution in [0.1, 0.15) is 31.2 Å². The Bertz CT molecular complexity index is 649. The fourth-order valence-electron chi connectivity index (χ4n) is 3.28. The lowest BCUT2D eigenvalue weighted by Gasteiger charge is -2.24. The van der Waals surface area contributed by atoms with Gasteiger partial charge in [-0.25, -0.2) is 0 Å². The van der Waals surface area contributed by atoms with Crippen LogP contribution in [0.25, 0.3) is 11.0 Å². The molecule has 1 saturated carbocycles. The third-order valence-corrected chi connectivity index (χ3v) is 4.88. The highest BCUT2D eigenvalue weighted by Gasteiger charge is 2.19. The molecule has 0 saturated heterocycles. The molecule has 0 atom stereocenters. The molecule has 1 aromatic heterocycles. The molecule has 2 aromatic rings.